The van der Waals surface area contributed by atoms with E-state index in [4.69, 9.17) is 0 Å². The maximum Gasteiger partial charge on any atom is 0.281 e. The van der Waals surface area contributed by atoms with E-state index in [0.717, 1.165) is 28.1 Å². The van der Waals surface area contributed by atoms with E-state index >= 15 is 0 Å². The first-order valence-corrected chi connectivity index (χ1v) is 10.7. The molecule has 0 radical (unpaired) electrons. The van der Waals surface area contributed by atoms with Crippen LogP contribution in [-0.4, -0.2) is 47.9 Å². The highest BCUT2D eigenvalue weighted by Gasteiger charge is 2.33. The second kappa shape index (κ2) is 7.50. The molecule has 7 heteroatoms. The fraction of sp³-hybridized carbons (Fsp3) is 0.286. The largest absolute Gasteiger partial charge is 0.282 e. The van der Waals surface area contributed by atoms with Crippen LogP contribution in [0, 0.1) is 0 Å². The van der Waals surface area contributed by atoms with Crippen molar-refractivity contribution < 1.29 is 8.42 Å². The van der Waals surface area contributed by atoms with Crippen LogP contribution in [0.4, 0.5) is 0 Å². The van der Waals surface area contributed by atoms with Gasteiger partial charge < -0.3 is 0 Å². The monoisotopic (exact) mass is 396 g/mol. The molecule has 0 aliphatic carbocycles. The molecule has 3 aromatic rings. The molecule has 0 bridgehead atoms. The first kappa shape index (κ1) is 18.9. The van der Waals surface area contributed by atoms with E-state index in [1.54, 1.807) is 14.1 Å². The van der Waals surface area contributed by atoms with Gasteiger partial charge in [0.05, 0.1) is 11.6 Å². The highest BCUT2D eigenvalue weighted by Crippen LogP contribution is 2.35. The van der Waals surface area contributed by atoms with Crippen LogP contribution in [0.1, 0.15) is 34.0 Å². The molecule has 1 aromatic heterocycles. The summed E-state index contributed by atoms with van der Waals surface area (Å²) >= 11 is 0. The van der Waals surface area contributed by atoms with Crippen molar-refractivity contribution in [2.24, 2.45) is 0 Å². The number of aromatic nitrogens is 2. The second-order valence-electron chi connectivity index (χ2n) is 7.19. The zero-order valence-electron chi connectivity index (χ0n) is 16.0. The fourth-order valence-corrected chi connectivity index (χ4v) is 4.83. The van der Waals surface area contributed by atoms with Gasteiger partial charge in [0, 0.05) is 44.9 Å². The Kier molecular flexibility index (Phi) is 5.05. The van der Waals surface area contributed by atoms with Crippen molar-refractivity contribution in [2.75, 3.05) is 20.6 Å². The smallest absolute Gasteiger partial charge is 0.281 e. The summed E-state index contributed by atoms with van der Waals surface area (Å²) in [5, 5.41) is 7.81. The summed E-state index contributed by atoms with van der Waals surface area (Å²) in [6, 6.07) is 20.5. The first-order valence-electron chi connectivity index (χ1n) is 9.32. The normalized spacial score (nSPS) is 15.1. The van der Waals surface area contributed by atoms with Gasteiger partial charge in [-0.15, -0.1) is 0 Å². The van der Waals surface area contributed by atoms with Gasteiger partial charge >= 0.3 is 0 Å². The molecule has 2 aromatic carbocycles. The highest BCUT2D eigenvalue weighted by molar-refractivity contribution is 7.86. The average molecular weight is 397 g/mol. The van der Waals surface area contributed by atoms with Crippen LogP contribution >= 0.6 is 0 Å². The van der Waals surface area contributed by atoms with Gasteiger partial charge in [-0.2, -0.15) is 22.1 Å². The fourth-order valence-electron chi connectivity index (χ4n) is 3.76. The van der Waals surface area contributed by atoms with Crippen LogP contribution in [0.15, 0.2) is 60.7 Å². The Balaban J connectivity index is 1.80. The van der Waals surface area contributed by atoms with E-state index in [9.17, 15) is 8.42 Å². The molecule has 0 fully saturated rings. The van der Waals surface area contributed by atoms with Gasteiger partial charge in [0.15, 0.2) is 0 Å². The minimum absolute atomic E-state index is 0.0515. The Bertz CT molecular complexity index is 1010. The Hall–Kier alpha value is -2.48. The summed E-state index contributed by atoms with van der Waals surface area (Å²) in [6.07, 6.45) is 0.631. The van der Waals surface area contributed by atoms with Gasteiger partial charge in [-0.1, -0.05) is 60.7 Å². The molecule has 0 spiro atoms. The second-order valence-corrected chi connectivity index (χ2v) is 9.34. The first-order chi connectivity index (χ1) is 13.5. The Labute approximate surface area is 166 Å². The topological polar surface area (TPSA) is 69.3 Å². The third kappa shape index (κ3) is 3.37. The van der Waals surface area contributed by atoms with Gasteiger partial charge in [-0.3, -0.25) is 5.10 Å². The van der Waals surface area contributed by atoms with E-state index in [0.29, 0.717) is 19.5 Å². The number of hydrogen-bond donors (Lipinski definition) is 1. The van der Waals surface area contributed by atoms with E-state index in [-0.39, 0.29) is 5.92 Å². The van der Waals surface area contributed by atoms with Crippen LogP contribution in [0.3, 0.4) is 0 Å². The molecule has 0 saturated carbocycles. The van der Waals surface area contributed by atoms with Crippen molar-refractivity contribution >= 4 is 10.2 Å². The molecule has 4 rings (SSSR count). The molecule has 0 atom stereocenters. The number of aromatic amines is 1. The standard InChI is InChI=1S/C21H24N4O2S/c1-24(2)28(26,27)25-14-13-19-18(15-25)21(23-22-19)20(16-9-5-3-6-10-16)17-11-7-4-8-12-17/h3-12,20H,13-15H2,1-2H3,(H,22,23). The van der Waals surface area contributed by atoms with Crippen LogP contribution < -0.4 is 0 Å². The van der Waals surface area contributed by atoms with Gasteiger partial charge in [-0.05, 0) is 11.1 Å². The van der Waals surface area contributed by atoms with Crippen molar-refractivity contribution in [1.82, 2.24) is 18.8 Å². The van der Waals surface area contributed by atoms with Gasteiger partial charge in [0.1, 0.15) is 0 Å². The molecule has 0 saturated heterocycles. The molecule has 2 heterocycles. The van der Waals surface area contributed by atoms with Crippen LogP contribution in [-0.2, 0) is 23.2 Å². The molecular formula is C21H24N4O2S. The SMILES string of the molecule is CN(C)S(=O)(=O)N1CCc2[nH]nc(C(c3ccccc3)c3ccccc3)c2C1. The van der Waals surface area contributed by atoms with Crippen molar-refractivity contribution in [3.63, 3.8) is 0 Å². The van der Waals surface area contributed by atoms with Crippen molar-refractivity contribution in [2.45, 2.75) is 18.9 Å². The predicted molar refractivity (Wildman–Crippen MR) is 109 cm³/mol. The number of hydrogen-bond acceptors (Lipinski definition) is 3. The molecule has 1 aliphatic rings. The Morgan fingerprint density at radius 1 is 1.00 bits per heavy atom. The Morgan fingerprint density at radius 3 is 2.11 bits per heavy atom. The highest BCUT2D eigenvalue weighted by atomic mass is 32.2. The molecule has 0 unspecified atom stereocenters. The van der Waals surface area contributed by atoms with Crippen molar-refractivity contribution in [3.05, 3.63) is 88.7 Å². The lowest BCUT2D eigenvalue weighted by Gasteiger charge is -2.29. The molecule has 28 heavy (non-hydrogen) atoms. The molecule has 1 N–H and O–H groups in total. The Morgan fingerprint density at radius 2 is 1.57 bits per heavy atom. The summed E-state index contributed by atoms with van der Waals surface area (Å²) in [5.74, 6) is -0.0515. The van der Waals surface area contributed by atoms with Gasteiger partial charge in [0.2, 0.25) is 0 Å². The minimum atomic E-state index is -3.47. The maximum atomic E-state index is 12.7. The summed E-state index contributed by atoms with van der Waals surface area (Å²) in [7, 11) is -0.333. The van der Waals surface area contributed by atoms with Crippen molar-refractivity contribution in [3.8, 4) is 0 Å². The minimum Gasteiger partial charge on any atom is -0.282 e. The zero-order chi connectivity index (χ0) is 19.7. The quantitative estimate of drug-likeness (QED) is 0.721. The summed E-state index contributed by atoms with van der Waals surface area (Å²) in [5.41, 5.74) is 5.17. The zero-order valence-corrected chi connectivity index (χ0v) is 16.9. The lowest BCUT2D eigenvalue weighted by Crippen LogP contribution is -2.42. The van der Waals surface area contributed by atoms with E-state index in [2.05, 4.69) is 34.5 Å². The van der Waals surface area contributed by atoms with Crippen LogP contribution in [0.2, 0.25) is 0 Å². The third-order valence-electron chi connectivity index (χ3n) is 5.26. The molecule has 146 valence electrons. The lowest BCUT2D eigenvalue weighted by atomic mass is 9.86. The summed E-state index contributed by atoms with van der Waals surface area (Å²) in [4.78, 5) is 0. The number of fused-ring (bicyclic) bond motifs is 1. The van der Waals surface area contributed by atoms with Gasteiger partial charge in [-0.25, -0.2) is 0 Å². The predicted octanol–water partition coefficient (Wildman–Crippen LogP) is 2.75. The van der Waals surface area contributed by atoms with Crippen LogP contribution in [0.5, 0.6) is 0 Å². The van der Waals surface area contributed by atoms with Crippen LogP contribution in [0.25, 0.3) is 0 Å². The lowest BCUT2D eigenvalue weighted by molar-refractivity contribution is 0.356. The molecule has 1 aliphatic heterocycles. The number of nitrogens with one attached hydrogen (secondary N) is 1. The van der Waals surface area contributed by atoms with E-state index in [1.165, 1.54) is 8.61 Å². The number of benzene rings is 2. The molecule has 6 nitrogen and oxygen atoms in total. The number of H-pyrrole nitrogens is 1. The number of rotatable bonds is 5. The van der Waals surface area contributed by atoms with E-state index in [1.807, 2.05) is 36.4 Å². The molecular weight excluding hydrogens is 372 g/mol. The summed E-state index contributed by atoms with van der Waals surface area (Å²) < 4.78 is 28.1. The third-order valence-corrected chi connectivity index (χ3v) is 7.14. The van der Waals surface area contributed by atoms with Crippen molar-refractivity contribution in [1.29, 1.82) is 0 Å². The number of nitrogens with zero attached hydrogens (tertiary/aromatic N) is 3. The maximum absolute atomic E-state index is 12.7. The van der Waals surface area contributed by atoms with Gasteiger partial charge in [0.25, 0.3) is 10.2 Å². The van der Waals surface area contributed by atoms with E-state index < -0.39 is 10.2 Å². The average Bonchev–Trinajstić information content (AvgIpc) is 3.13. The summed E-state index contributed by atoms with van der Waals surface area (Å²) in [6.45, 7) is 0.786. The molecule has 0 amide bonds.